The first-order chi connectivity index (χ1) is 11.3. The average Bonchev–Trinajstić information content (AvgIpc) is 2.32. The van der Waals surface area contributed by atoms with Crippen LogP contribution in [0.4, 0.5) is 13.6 Å². The van der Waals surface area contributed by atoms with Gasteiger partial charge in [-0.25, -0.2) is 26.7 Å². The van der Waals surface area contributed by atoms with E-state index in [1.54, 1.807) is 25.5 Å². The molecule has 0 fully saturated rings. The first-order valence-electron chi connectivity index (χ1n) is 7.39. The summed E-state index contributed by atoms with van der Waals surface area (Å²) in [6, 6.07) is 1.38. The van der Waals surface area contributed by atoms with Crippen molar-refractivity contribution >= 4 is 16.1 Å². The third-order valence-corrected chi connectivity index (χ3v) is 4.66. The molecule has 0 aromatic heterocycles. The molecule has 1 heterocycles. The van der Waals surface area contributed by atoms with Gasteiger partial charge in [-0.1, -0.05) is 0 Å². The standard InChI is InChI=1S/C15H19F2NO6S/c1-14(2,3)24-13(19)18-25(21,22)8-15(20)4-5-23-11-7-9(16)6-10(17)12(11)15/h6-7,20H,4-5,8H2,1-3H3,(H,18,19). The van der Waals surface area contributed by atoms with Crippen molar-refractivity contribution in [3.05, 3.63) is 29.3 Å². The first kappa shape index (κ1) is 19.4. The van der Waals surface area contributed by atoms with E-state index < -0.39 is 50.3 Å². The number of sulfonamides is 1. The summed E-state index contributed by atoms with van der Waals surface area (Å²) in [7, 11) is -4.37. The summed E-state index contributed by atoms with van der Waals surface area (Å²) in [4.78, 5) is 11.6. The topological polar surface area (TPSA) is 102 Å². The monoisotopic (exact) mass is 379 g/mol. The van der Waals surface area contributed by atoms with Gasteiger partial charge >= 0.3 is 6.09 Å². The van der Waals surface area contributed by atoms with Crippen LogP contribution in [-0.4, -0.2) is 37.6 Å². The van der Waals surface area contributed by atoms with E-state index in [9.17, 15) is 27.1 Å². The van der Waals surface area contributed by atoms with E-state index in [1.807, 2.05) is 0 Å². The van der Waals surface area contributed by atoms with E-state index in [0.29, 0.717) is 6.07 Å². The zero-order valence-corrected chi connectivity index (χ0v) is 14.7. The highest BCUT2D eigenvalue weighted by molar-refractivity contribution is 7.90. The molecule has 0 saturated heterocycles. The van der Waals surface area contributed by atoms with E-state index in [2.05, 4.69) is 0 Å². The SMILES string of the molecule is CC(C)(C)OC(=O)NS(=O)(=O)CC1(O)CCOc2cc(F)cc(F)c21. The number of ether oxygens (including phenoxy) is 2. The Kier molecular flexibility index (Phi) is 4.97. The maximum absolute atomic E-state index is 14.1. The summed E-state index contributed by atoms with van der Waals surface area (Å²) in [5.74, 6) is -3.35. The average molecular weight is 379 g/mol. The van der Waals surface area contributed by atoms with Crippen molar-refractivity contribution in [2.45, 2.75) is 38.4 Å². The molecule has 1 aromatic carbocycles. The van der Waals surface area contributed by atoms with Crippen molar-refractivity contribution in [1.29, 1.82) is 0 Å². The molecule has 0 radical (unpaired) electrons. The highest BCUT2D eigenvalue weighted by Gasteiger charge is 2.43. The largest absolute Gasteiger partial charge is 0.493 e. The van der Waals surface area contributed by atoms with Crippen LogP contribution < -0.4 is 9.46 Å². The predicted molar refractivity (Wildman–Crippen MR) is 83.5 cm³/mol. The Morgan fingerprint density at radius 1 is 1.40 bits per heavy atom. The zero-order valence-electron chi connectivity index (χ0n) is 13.9. The van der Waals surface area contributed by atoms with Crippen LogP contribution in [0, 0.1) is 11.6 Å². The lowest BCUT2D eigenvalue weighted by Crippen LogP contribution is -2.46. The highest BCUT2D eigenvalue weighted by atomic mass is 32.2. The normalized spacial score (nSPS) is 20.4. The van der Waals surface area contributed by atoms with Crippen LogP contribution in [0.5, 0.6) is 5.75 Å². The minimum absolute atomic E-state index is 0.144. The number of halogens is 2. The van der Waals surface area contributed by atoms with Crippen LogP contribution >= 0.6 is 0 Å². The Bertz CT molecular complexity index is 790. The third-order valence-electron chi connectivity index (χ3n) is 3.32. The number of carbonyl (C=O) groups is 1. The van der Waals surface area contributed by atoms with Gasteiger partial charge in [0.25, 0.3) is 0 Å². The van der Waals surface area contributed by atoms with E-state index in [1.165, 1.54) is 0 Å². The highest BCUT2D eigenvalue weighted by Crippen LogP contribution is 2.40. The predicted octanol–water partition coefficient (Wildman–Crippen LogP) is 1.79. The van der Waals surface area contributed by atoms with Crippen LogP contribution in [0.25, 0.3) is 0 Å². The first-order valence-corrected chi connectivity index (χ1v) is 9.05. The van der Waals surface area contributed by atoms with E-state index in [-0.39, 0.29) is 18.8 Å². The second-order valence-electron chi connectivity index (χ2n) is 6.75. The number of amides is 1. The molecule has 0 saturated carbocycles. The van der Waals surface area contributed by atoms with Crippen molar-refractivity contribution in [2.75, 3.05) is 12.4 Å². The zero-order chi connectivity index (χ0) is 19.0. The van der Waals surface area contributed by atoms with E-state index in [4.69, 9.17) is 9.47 Å². The molecule has 25 heavy (non-hydrogen) atoms. The van der Waals surface area contributed by atoms with E-state index >= 15 is 0 Å². The van der Waals surface area contributed by atoms with Gasteiger partial charge in [-0.2, -0.15) is 0 Å². The molecule has 10 heteroatoms. The summed E-state index contributed by atoms with van der Waals surface area (Å²) >= 11 is 0. The van der Waals surface area contributed by atoms with Crippen molar-refractivity contribution in [3.63, 3.8) is 0 Å². The molecule has 1 unspecified atom stereocenters. The maximum atomic E-state index is 14.1. The second-order valence-corrected chi connectivity index (χ2v) is 8.48. The van der Waals surface area contributed by atoms with Gasteiger partial charge in [0.15, 0.2) is 0 Å². The summed E-state index contributed by atoms with van der Waals surface area (Å²) in [6.45, 7) is 4.50. The van der Waals surface area contributed by atoms with Crippen LogP contribution in [0.3, 0.4) is 0 Å². The lowest BCUT2D eigenvalue weighted by molar-refractivity contribution is 0.0135. The molecule has 0 bridgehead atoms. The van der Waals surface area contributed by atoms with Crippen molar-refractivity contribution in [1.82, 2.24) is 4.72 Å². The molecule has 1 atom stereocenters. The Morgan fingerprint density at radius 3 is 2.64 bits per heavy atom. The Balaban J connectivity index is 2.27. The summed E-state index contributed by atoms with van der Waals surface area (Å²) < 4.78 is 63.3. The molecule has 1 aromatic rings. The lowest BCUT2D eigenvalue weighted by Gasteiger charge is -2.34. The molecule has 2 rings (SSSR count). The van der Waals surface area contributed by atoms with E-state index in [0.717, 1.165) is 6.07 Å². The molecule has 1 amide bonds. The van der Waals surface area contributed by atoms with Gasteiger partial charge in [0, 0.05) is 18.6 Å². The Morgan fingerprint density at radius 2 is 2.04 bits per heavy atom. The molecule has 1 aliphatic rings. The fraction of sp³-hybridized carbons (Fsp3) is 0.533. The van der Waals surface area contributed by atoms with Crippen LogP contribution in [-0.2, 0) is 20.4 Å². The van der Waals surface area contributed by atoms with Crippen LogP contribution in [0.2, 0.25) is 0 Å². The van der Waals surface area contributed by atoms with Gasteiger partial charge < -0.3 is 14.6 Å². The molecule has 1 aliphatic heterocycles. The molecule has 0 aliphatic carbocycles. The van der Waals surface area contributed by atoms with Crippen molar-refractivity contribution < 1.29 is 36.6 Å². The minimum atomic E-state index is -4.37. The third kappa shape index (κ3) is 4.79. The van der Waals surface area contributed by atoms with Gasteiger partial charge in [-0.3, -0.25) is 0 Å². The van der Waals surface area contributed by atoms with Gasteiger partial charge in [-0.05, 0) is 20.8 Å². The maximum Gasteiger partial charge on any atom is 0.421 e. The summed E-state index contributed by atoms with van der Waals surface area (Å²) in [5.41, 5.74) is -3.57. The molecule has 2 N–H and O–H groups in total. The second kappa shape index (κ2) is 6.41. The van der Waals surface area contributed by atoms with Crippen LogP contribution in [0.15, 0.2) is 12.1 Å². The number of hydrogen-bond acceptors (Lipinski definition) is 6. The molecule has 0 spiro atoms. The number of aliphatic hydroxyl groups is 1. The smallest absolute Gasteiger partial charge is 0.421 e. The van der Waals surface area contributed by atoms with Crippen LogP contribution in [0.1, 0.15) is 32.8 Å². The minimum Gasteiger partial charge on any atom is -0.493 e. The number of nitrogens with one attached hydrogen (secondary N) is 1. The molecule has 140 valence electrons. The molecular formula is C15H19F2NO6S. The quantitative estimate of drug-likeness (QED) is 0.830. The lowest BCUT2D eigenvalue weighted by atomic mass is 9.89. The van der Waals surface area contributed by atoms with Crippen molar-refractivity contribution in [2.24, 2.45) is 0 Å². The van der Waals surface area contributed by atoms with Gasteiger partial charge in [-0.15, -0.1) is 0 Å². The number of rotatable bonds is 3. The fourth-order valence-corrected chi connectivity index (χ4v) is 3.78. The van der Waals surface area contributed by atoms with Gasteiger partial charge in [0.05, 0.1) is 12.2 Å². The fourth-order valence-electron chi connectivity index (χ4n) is 2.49. The number of benzene rings is 1. The summed E-state index contributed by atoms with van der Waals surface area (Å²) in [6.07, 6.45) is -1.47. The number of carbonyl (C=O) groups excluding carboxylic acids is 1. The summed E-state index contributed by atoms with van der Waals surface area (Å²) in [5, 5.41) is 10.7. The molecule has 7 nitrogen and oxygen atoms in total. The van der Waals surface area contributed by atoms with Gasteiger partial charge in [0.2, 0.25) is 10.0 Å². The number of hydrogen-bond donors (Lipinski definition) is 2. The van der Waals surface area contributed by atoms with Crippen molar-refractivity contribution in [3.8, 4) is 5.75 Å². The Labute approximate surface area is 144 Å². The Hall–Kier alpha value is -1.94. The van der Waals surface area contributed by atoms with Gasteiger partial charge in [0.1, 0.15) is 34.3 Å². The molecular weight excluding hydrogens is 360 g/mol. The number of fused-ring (bicyclic) bond motifs is 1.